The fourth-order valence-electron chi connectivity index (χ4n) is 4.51. The van der Waals surface area contributed by atoms with Crippen molar-refractivity contribution in [3.05, 3.63) is 93.3 Å². The van der Waals surface area contributed by atoms with Gasteiger partial charge in [-0.1, -0.05) is 48.5 Å². The van der Waals surface area contributed by atoms with Crippen molar-refractivity contribution in [1.82, 2.24) is 19.2 Å². The molecule has 142 valence electrons. The molecule has 2 aromatic carbocycles. The lowest BCUT2D eigenvalue weighted by atomic mass is 9.83. The molecule has 0 saturated heterocycles. The molecule has 29 heavy (non-hydrogen) atoms. The van der Waals surface area contributed by atoms with Crippen LogP contribution in [0.25, 0.3) is 21.7 Å². The lowest BCUT2D eigenvalue weighted by molar-refractivity contribution is 0.595. The lowest BCUT2D eigenvalue weighted by Crippen LogP contribution is -2.22. The molecule has 1 unspecified atom stereocenters. The van der Waals surface area contributed by atoms with Gasteiger partial charge in [0.2, 0.25) is 5.78 Å². The van der Waals surface area contributed by atoms with E-state index in [1.165, 1.54) is 16.0 Å². The van der Waals surface area contributed by atoms with Crippen LogP contribution < -0.4 is 5.56 Å². The minimum absolute atomic E-state index is 0.00219. The molecule has 0 saturated carbocycles. The van der Waals surface area contributed by atoms with Crippen LogP contribution in [0.5, 0.6) is 0 Å². The van der Waals surface area contributed by atoms with Gasteiger partial charge in [0, 0.05) is 4.88 Å². The molecule has 0 fully saturated rings. The number of aryl methyl sites for hydroxylation is 1. The van der Waals surface area contributed by atoms with Gasteiger partial charge in [-0.05, 0) is 48.4 Å². The van der Waals surface area contributed by atoms with E-state index in [2.05, 4.69) is 40.5 Å². The van der Waals surface area contributed by atoms with E-state index in [0.29, 0.717) is 11.7 Å². The molecular formula is C23H18N4OS. The molecule has 0 amide bonds. The number of aromatic nitrogens is 4. The van der Waals surface area contributed by atoms with Gasteiger partial charge in [-0.3, -0.25) is 9.20 Å². The molecule has 0 spiro atoms. The van der Waals surface area contributed by atoms with E-state index in [0.717, 1.165) is 35.2 Å². The maximum absolute atomic E-state index is 13.6. The molecule has 5 aromatic rings. The molecule has 1 aliphatic carbocycles. The standard InChI is InChI=1S/C23H18N4OS/c28-21-20-18-12-11-16(15-7-3-1-4-8-15)13-19(18)29-22(20)26-14-24-25-23(26)27(21)17-9-5-2-6-10-17/h1-10,14,16H,11-13H2. The van der Waals surface area contributed by atoms with E-state index in [-0.39, 0.29) is 5.56 Å². The molecule has 6 rings (SSSR count). The zero-order chi connectivity index (χ0) is 19.4. The first-order valence-corrected chi connectivity index (χ1v) is 10.6. The molecule has 3 heterocycles. The Kier molecular flexibility index (Phi) is 3.67. The summed E-state index contributed by atoms with van der Waals surface area (Å²) in [5.41, 5.74) is 3.41. The van der Waals surface area contributed by atoms with Crippen LogP contribution in [0.15, 0.2) is 71.8 Å². The van der Waals surface area contributed by atoms with E-state index in [1.807, 2.05) is 34.7 Å². The summed E-state index contributed by atoms with van der Waals surface area (Å²) in [5, 5.41) is 9.19. The largest absolute Gasteiger partial charge is 0.268 e. The Morgan fingerprint density at radius 1 is 1.00 bits per heavy atom. The number of hydrogen-bond donors (Lipinski definition) is 0. The Balaban J connectivity index is 1.59. The highest BCUT2D eigenvalue weighted by molar-refractivity contribution is 7.18. The third-order valence-corrected chi connectivity index (χ3v) is 7.15. The minimum atomic E-state index is 0.00219. The van der Waals surface area contributed by atoms with Crippen LogP contribution in [0, 0.1) is 0 Å². The number of hydrogen-bond acceptors (Lipinski definition) is 4. The van der Waals surface area contributed by atoms with Gasteiger partial charge in [-0.15, -0.1) is 21.5 Å². The summed E-state index contributed by atoms with van der Waals surface area (Å²) in [5.74, 6) is 1.07. The van der Waals surface area contributed by atoms with Crippen molar-refractivity contribution in [2.45, 2.75) is 25.2 Å². The quantitative estimate of drug-likeness (QED) is 0.444. The first-order chi connectivity index (χ1) is 14.3. The van der Waals surface area contributed by atoms with E-state index in [4.69, 9.17) is 0 Å². The fourth-order valence-corrected chi connectivity index (χ4v) is 5.89. The van der Waals surface area contributed by atoms with Gasteiger partial charge in [0.1, 0.15) is 11.2 Å². The number of benzene rings is 2. The zero-order valence-corrected chi connectivity index (χ0v) is 16.5. The Morgan fingerprint density at radius 2 is 1.76 bits per heavy atom. The predicted molar refractivity (Wildman–Crippen MR) is 115 cm³/mol. The summed E-state index contributed by atoms with van der Waals surface area (Å²) in [6.45, 7) is 0. The van der Waals surface area contributed by atoms with E-state index in [9.17, 15) is 4.79 Å². The maximum atomic E-state index is 13.6. The molecule has 1 aliphatic rings. The van der Waals surface area contributed by atoms with Gasteiger partial charge >= 0.3 is 0 Å². The Bertz CT molecular complexity index is 1400. The van der Waals surface area contributed by atoms with Crippen molar-refractivity contribution in [3.63, 3.8) is 0 Å². The lowest BCUT2D eigenvalue weighted by Gasteiger charge is -2.22. The Morgan fingerprint density at radius 3 is 2.55 bits per heavy atom. The molecule has 3 aromatic heterocycles. The molecule has 0 aliphatic heterocycles. The molecule has 0 bridgehead atoms. The second-order valence-electron chi connectivity index (χ2n) is 7.51. The predicted octanol–water partition coefficient (Wildman–Crippen LogP) is 4.37. The number of para-hydroxylation sites is 1. The monoisotopic (exact) mass is 398 g/mol. The molecular weight excluding hydrogens is 380 g/mol. The fraction of sp³-hybridized carbons (Fsp3) is 0.174. The molecule has 0 N–H and O–H groups in total. The zero-order valence-electron chi connectivity index (χ0n) is 15.7. The van der Waals surface area contributed by atoms with Crippen molar-refractivity contribution < 1.29 is 0 Å². The maximum Gasteiger partial charge on any atom is 0.268 e. The SMILES string of the molecule is O=c1c2c3c(sc2n2cnnc2n1-c1ccccc1)CC(c1ccccc1)CC3. The van der Waals surface area contributed by atoms with E-state index >= 15 is 0 Å². The highest BCUT2D eigenvalue weighted by Gasteiger charge is 2.27. The molecule has 5 nitrogen and oxygen atoms in total. The van der Waals surface area contributed by atoms with Crippen LogP contribution in [0.3, 0.4) is 0 Å². The van der Waals surface area contributed by atoms with E-state index < -0.39 is 0 Å². The van der Waals surface area contributed by atoms with Crippen molar-refractivity contribution in [2.75, 3.05) is 0 Å². The summed E-state index contributed by atoms with van der Waals surface area (Å²) in [7, 11) is 0. The van der Waals surface area contributed by atoms with Gasteiger partial charge in [-0.2, -0.15) is 0 Å². The highest BCUT2D eigenvalue weighted by Crippen LogP contribution is 2.40. The van der Waals surface area contributed by atoms with Gasteiger partial charge < -0.3 is 0 Å². The average molecular weight is 398 g/mol. The van der Waals surface area contributed by atoms with Crippen molar-refractivity contribution >= 4 is 27.3 Å². The summed E-state index contributed by atoms with van der Waals surface area (Å²) in [6, 6.07) is 20.4. The van der Waals surface area contributed by atoms with Crippen LogP contribution >= 0.6 is 11.3 Å². The second kappa shape index (κ2) is 6.39. The van der Waals surface area contributed by atoms with Gasteiger partial charge in [0.05, 0.1) is 11.1 Å². The second-order valence-corrected chi connectivity index (χ2v) is 8.60. The first-order valence-electron chi connectivity index (χ1n) is 9.80. The van der Waals surface area contributed by atoms with Crippen molar-refractivity contribution in [3.8, 4) is 5.69 Å². The Hall–Kier alpha value is -3.25. The summed E-state index contributed by atoms with van der Waals surface area (Å²) < 4.78 is 3.65. The highest BCUT2D eigenvalue weighted by atomic mass is 32.1. The number of nitrogens with zero attached hydrogens (tertiary/aromatic N) is 4. The van der Waals surface area contributed by atoms with Crippen LogP contribution in [-0.2, 0) is 12.8 Å². The molecule has 0 radical (unpaired) electrons. The Labute approximate surface area is 170 Å². The van der Waals surface area contributed by atoms with Crippen LogP contribution in [0.4, 0.5) is 0 Å². The smallest absolute Gasteiger partial charge is 0.268 e. The number of thiophene rings is 1. The summed E-state index contributed by atoms with van der Waals surface area (Å²) in [4.78, 5) is 15.9. The van der Waals surface area contributed by atoms with Crippen molar-refractivity contribution in [1.29, 1.82) is 0 Å². The van der Waals surface area contributed by atoms with Gasteiger partial charge in [0.25, 0.3) is 5.56 Å². The number of rotatable bonds is 2. The number of fused-ring (bicyclic) bond motifs is 5. The van der Waals surface area contributed by atoms with Crippen molar-refractivity contribution in [2.24, 2.45) is 0 Å². The third kappa shape index (κ3) is 2.49. The molecule has 6 heteroatoms. The van der Waals surface area contributed by atoms with Crippen LogP contribution in [0.2, 0.25) is 0 Å². The topological polar surface area (TPSA) is 52.2 Å². The summed E-state index contributed by atoms with van der Waals surface area (Å²) >= 11 is 1.72. The van der Waals surface area contributed by atoms with Gasteiger partial charge in [0.15, 0.2) is 0 Å². The third-order valence-electron chi connectivity index (χ3n) is 5.90. The minimum Gasteiger partial charge on any atom is -0.268 e. The van der Waals surface area contributed by atoms with Crippen LogP contribution in [-0.4, -0.2) is 19.2 Å². The van der Waals surface area contributed by atoms with Gasteiger partial charge in [-0.25, -0.2) is 4.57 Å². The normalized spacial score (nSPS) is 16.3. The summed E-state index contributed by atoms with van der Waals surface area (Å²) in [6.07, 6.45) is 4.68. The van der Waals surface area contributed by atoms with Crippen LogP contribution in [0.1, 0.15) is 28.3 Å². The van der Waals surface area contributed by atoms with E-state index in [1.54, 1.807) is 22.2 Å². The first kappa shape index (κ1) is 16.7. The average Bonchev–Trinajstić information content (AvgIpc) is 3.39. The molecule has 1 atom stereocenters.